The van der Waals surface area contributed by atoms with Crippen LogP contribution in [0.2, 0.25) is 0 Å². The van der Waals surface area contributed by atoms with Crippen molar-refractivity contribution in [3.05, 3.63) is 66.0 Å². The molecule has 1 aliphatic rings. The lowest BCUT2D eigenvalue weighted by Crippen LogP contribution is -2.26. The van der Waals surface area contributed by atoms with E-state index < -0.39 is 0 Å². The van der Waals surface area contributed by atoms with E-state index in [0.717, 1.165) is 34.8 Å². The summed E-state index contributed by atoms with van der Waals surface area (Å²) in [5.41, 5.74) is 4.36. The number of rotatable bonds is 4. The van der Waals surface area contributed by atoms with E-state index in [1.54, 1.807) is 22.8 Å². The highest BCUT2D eigenvalue weighted by Crippen LogP contribution is 2.30. The van der Waals surface area contributed by atoms with E-state index in [4.69, 9.17) is 4.74 Å². The molecule has 1 aliphatic heterocycles. The number of carbonyl (C=O) groups is 1. The van der Waals surface area contributed by atoms with Gasteiger partial charge in [-0.05, 0) is 42.0 Å². The number of aryl methyl sites for hydroxylation is 1. The van der Waals surface area contributed by atoms with Crippen LogP contribution in [0.4, 0.5) is 17.1 Å². The number of carbonyl (C=O) groups excluding carboxylic acids is 1. The Bertz CT molecular complexity index is 964. The second-order valence-corrected chi connectivity index (χ2v) is 6.36. The van der Waals surface area contributed by atoms with Gasteiger partial charge in [0.25, 0.3) is 5.91 Å². The van der Waals surface area contributed by atoms with Gasteiger partial charge in [0.2, 0.25) is 0 Å². The number of hydrogen-bond acceptors (Lipinski definition) is 4. The van der Waals surface area contributed by atoms with E-state index in [9.17, 15) is 4.79 Å². The molecule has 0 spiro atoms. The molecule has 0 aliphatic carbocycles. The summed E-state index contributed by atoms with van der Waals surface area (Å²) < 4.78 is 7.26. The third-order valence-corrected chi connectivity index (χ3v) is 4.47. The van der Waals surface area contributed by atoms with Crippen molar-refractivity contribution < 1.29 is 9.53 Å². The summed E-state index contributed by atoms with van der Waals surface area (Å²) in [7, 11) is 3.66. The maximum Gasteiger partial charge on any atom is 0.258 e. The smallest absolute Gasteiger partial charge is 0.258 e. The second kappa shape index (κ2) is 6.55. The first-order valence-corrected chi connectivity index (χ1v) is 8.50. The summed E-state index contributed by atoms with van der Waals surface area (Å²) in [6.07, 6.45) is 4.51. The van der Waals surface area contributed by atoms with Gasteiger partial charge in [0.15, 0.2) is 0 Å². The Morgan fingerprint density at radius 2 is 2.12 bits per heavy atom. The zero-order valence-corrected chi connectivity index (χ0v) is 14.8. The van der Waals surface area contributed by atoms with Gasteiger partial charge in [0.05, 0.1) is 18.5 Å². The molecule has 132 valence electrons. The van der Waals surface area contributed by atoms with Crippen LogP contribution >= 0.6 is 0 Å². The largest absolute Gasteiger partial charge is 0.493 e. The molecule has 0 bridgehead atoms. The Morgan fingerprint density at radius 1 is 1.23 bits per heavy atom. The van der Waals surface area contributed by atoms with Gasteiger partial charge in [-0.25, -0.2) is 0 Å². The van der Waals surface area contributed by atoms with Gasteiger partial charge in [0.1, 0.15) is 5.75 Å². The zero-order chi connectivity index (χ0) is 18.1. The van der Waals surface area contributed by atoms with E-state index in [1.807, 2.05) is 55.7 Å². The SMILES string of the molecule is CN(C(=O)c1cccc(Nc2cnn(C)c2)c1)c1ccc2c(c1)CCO2. The number of benzene rings is 2. The topological polar surface area (TPSA) is 59.4 Å². The summed E-state index contributed by atoms with van der Waals surface area (Å²) in [4.78, 5) is 14.6. The van der Waals surface area contributed by atoms with Gasteiger partial charge < -0.3 is 15.0 Å². The minimum atomic E-state index is -0.0568. The first-order chi connectivity index (χ1) is 12.6. The quantitative estimate of drug-likeness (QED) is 0.785. The molecule has 0 fully saturated rings. The molecule has 0 saturated heterocycles. The normalized spacial score (nSPS) is 12.4. The number of ether oxygens (including phenoxy) is 1. The van der Waals surface area contributed by atoms with Crippen molar-refractivity contribution >= 4 is 23.0 Å². The van der Waals surface area contributed by atoms with Crippen molar-refractivity contribution in [1.82, 2.24) is 9.78 Å². The van der Waals surface area contributed by atoms with Crippen LogP contribution in [0.1, 0.15) is 15.9 Å². The van der Waals surface area contributed by atoms with E-state index >= 15 is 0 Å². The maximum atomic E-state index is 12.9. The molecule has 6 nitrogen and oxygen atoms in total. The number of anilines is 3. The van der Waals surface area contributed by atoms with Gasteiger partial charge in [-0.3, -0.25) is 9.48 Å². The number of nitrogens with one attached hydrogen (secondary N) is 1. The number of aromatic nitrogens is 2. The molecule has 2 heterocycles. The summed E-state index contributed by atoms with van der Waals surface area (Å²) in [5, 5.41) is 7.40. The summed E-state index contributed by atoms with van der Waals surface area (Å²) in [6.45, 7) is 0.707. The van der Waals surface area contributed by atoms with E-state index in [-0.39, 0.29) is 5.91 Å². The highest BCUT2D eigenvalue weighted by Gasteiger charge is 2.18. The number of nitrogens with zero attached hydrogens (tertiary/aromatic N) is 3. The third-order valence-electron chi connectivity index (χ3n) is 4.47. The minimum Gasteiger partial charge on any atom is -0.493 e. The predicted octanol–water partition coefficient (Wildman–Crippen LogP) is 3.38. The molecule has 0 unspecified atom stereocenters. The lowest BCUT2D eigenvalue weighted by Gasteiger charge is -2.18. The molecule has 0 saturated carbocycles. The molecule has 0 atom stereocenters. The fraction of sp³-hybridized carbons (Fsp3) is 0.200. The van der Waals surface area contributed by atoms with Crippen LogP contribution < -0.4 is 15.0 Å². The molecule has 26 heavy (non-hydrogen) atoms. The average Bonchev–Trinajstić information content (AvgIpc) is 3.28. The van der Waals surface area contributed by atoms with E-state index in [2.05, 4.69) is 10.4 Å². The molecule has 0 radical (unpaired) electrons. The molecule has 1 amide bonds. The molecule has 2 aromatic carbocycles. The molecule has 4 rings (SSSR count). The van der Waals surface area contributed by atoms with Crippen LogP contribution in [0.5, 0.6) is 5.75 Å². The van der Waals surface area contributed by atoms with Crippen LogP contribution in [-0.4, -0.2) is 29.3 Å². The first kappa shape index (κ1) is 16.2. The Labute approximate surface area is 152 Å². The lowest BCUT2D eigenvalue weighted by atomic mass is 10.1. The zero-order valence-electron chi connectivity index (χ0n) is 14.8. The molecule has 6 heteroatoms. The highest BCUT2D eigenvalue weighted by molar-refractivity contribution is 6.06. The van der Waals surface area contributed by atoms with Crippen LogP contribution in [0.3, 0.4) is 0 Å². The second-order valence-electron chi connectivity index (χ2n) is 6.36. The van der Waals surface area contributed by atoms with Crippen molar-refractivity contribution in [2.24, 2.45) is 7.05 Å². The molecule has 3 aromatic rings. The van der Waals surface area contributed by atoms with Gasteiger partial charge in [-0.2, -0.15) is 5.10 Å². The number of hydrogen-bond donors (Lipinski definition) is 1. The third kappa shape index (κ3) is 3.13. The van der Waals surface area contributed by atoms with Crippen molar-refractivity contribution in [2.75, 3.05) is 23.9 Å². The van der Waals surface area contributed by atoms with Crippen molar-refractivity contribution in [1.29, 1.82) is 0 Å². The molecule has 1 N–H and O–H groups in total. The molecule has 1 aromatic heterocycles. The molecular weight excluding hydrogens is 328 g/mol. The first-order valence-electron chi connectivity index (χ1n) is 8.50. The minimum absolute atomic E-state index is 0.0568. The standard InChI is InChI=1S/C20H20N4O2/c1-23-13-17(12-21-23)22-16-5-3-4-15(10-16)20(25)24(2)18-6-7-19-14(11-18)8-9-26-19/h3-7,10-13,22H,8-9H2,1-2H3. The van der Waals surface area contributed by atoms with Crippen molar-refractivity contribution in [3.63, 3.8) is 0 Å². The van der Waals surface area contributed by atoms with Gasteiger partial charge in [-0.1, -0.05) is 6.07 Å². The van der Waals surface area contributed by atoms with E-state index in [1.165, 1.54) is 0 Å². The van der Waals surface area contributed by atoms with Crippen LogP contribution in [0, 0.1) is 0 Å². The number of amides is 1. The maximum absolute atomic E-state index is 12.9. The Balaban J connectivity index is 1.54. The van der Waals surface area contributed by atoms with Gasteiger partial charge >= 0.3 is 0 Å². The Hall–Kier alpha value is -3.28. The lowest BCUT2D eigenvalue weighted by molar-refractivity contribution is 0.0993. The van der Waals surface area contributed by atoms with Crippen molar-refractivity contribution in [2.45, 2.75) is 6.42 Å². The average molecular weight is 348 g/mol. The summed E-state index contributed by atoms with van der Waals surface area (Å²) >= 11 is 0. The fourth-order valence-corrected chi connectivity index (χ4v) is 3.07. The Morgan fingerprint density at radius 3 is 2.92 bits per heavy atom. The monoisotopic (exact) mass is 348 g/mol. The van der Waals surface area contributed by atoms with Crippen LogP contribution in [-0.2, 0) is 13.5 Å². The van der Waals surface area contributed by atoms with Crippen LogP contribution in [0.25, 0.3) is 0 Å². The van der Waals surface area contributed by atoms with Gasteiger partial charge in [-0.15, -0.1) is 0 Å². The van der Waals surface area contributed by atoms with Gasteiger partial charge in [0, 0.05) is 43.7 Å². The summed E-state index contributed by atoms with van der Waals surface area (Å²) in [5.74, 6) is 0.857. The highest BCUT2D eigenvalue weighted by atomic mass is 16.5. The predicted molar refractivity (Wildman–Crippen MR) is 101 cm³/mol. The van der Waals surface area contributed by atoms with Crippen LogP contribution in [0.15, 0.2) is 54.9 Å². The summed E-state index contributed by atoms with van der Waals surface area (Å²) in [6, 6.07) is 13.3. The van der Waals surface area contributed by atoms with E-state index in [0.29, 0.717) is 12.2 Å². The fourth-order valence-electron chi connectivity index (χ4n) is 3.07. The van der Waals surface area contributed by atoms with Crippen molar-refractivity contribution in [3.8, 4) is 5.75 Å². The number of fused-ring (bicyclic) bond motifs is 1. The Kier molecular flexibility index (Phi) is 4.08. The molecular formula is C20H20N4O2.